The number of ketones is 1. The smallest absolute Gasteiger partial charge is 0.148 e. The summed E-state index contributed by atoms with van der Waals surface area (Å²) in [5.41, 5.74) is 1.26. The molecule has 3 atom stereocenters. The Morgan fingerprint density at radius 2 is 1.93 bits per heavy atom. The zero-order valence-electron chi connectivity index (χ0n) is 7.49. The minimum atomic E-state index is 0.164. The Bertz CT molecular complexity index is 336. The maximum atomic E-state index is 11.5. The van der Waals surface area contributed by atoms with Gasteiger partial charge < -0.3 is 0 Å². The van der Waals surface area contributed by atoms with Gasteiger partial charge in [0, 0.05) is 16.7 Å². The van der Waals surface area contributed by atoms with Gasteiger partial charge in [-0.05, 0) is 5.56 Å². The zero-order valence-corrected chi connectivity index (χ0v) is 10.7. The summed E-state index contributed by atoms with van der Waals surface area (Å²) in [7, 11) is 0. The second kappa shape index (κ2) is 4.15. The molecule has 74 valence electrons. The molecule has 3 heteroatoms. The fraction of sp³-hybridized carbons (Fsp3) is 0.364. The Labute approximate surface area is 100 Å². The Morgan fingerprint density at radius 3 is 2.50 bits per heavy atom. The van der Waals surface area contributed by atoms with Crippen LogP contribution in [0.25, 0.3) is 0 Å². The molecule has 1 saturated carbocycles. The summed E-state index contributed by atoms with van der Waals surface area (Å²) in [4.78, 5) is 11.8. The topological polar surface area (TPSA) is 17.1 Å². The van der Waals surface area contributed by atoms with Gasteiger partial charge in [0.2, 0.25) is 0 Å². The van der Waals surface area contributed by atoms with E-state index in [1.165, 1.54) is 5.56 Å². The summed E-state index contributed by atoms with van der Waals surface area (Å²) in [6, 6.07) is 10.2. The molecule has 0 spiro atoms. The number of rotatable bonds is 3. The van der Waals surface area contributed by atoms with Crippen LogP contribution in [0, 0.1) is 5.92 Å². The average molecular weight is 318 g/mol. The first kappa shape index (κ1) is 10.4. The van der Waals surface area contributed by atoms with E-state index < -0.39 is 0 Å². The fourth-order valence-corrected chi connectivity index (χ4v) is 3.26. The van der Waals surface area contributed by atoms with Gasteiger partial charge in [0.1, 0.15) is 5.78 Å². The number of benzene rings is 1. The van der Waals surface area contributed by atoms with Crippen LogP contribution >= 0.6 is 31.9 Å². The lowest BCUT2D eigenvalue weighted by molar-refractivity contribution is -0.117. The van der Waals surface area contributed by atoms with E-state index in [1.807, 2.05) is 18.2 Å². The van der Waals surface area contributed by atoms with Gasteiger partial charge in [-0.2, -0.15) is 0 Å². The molecule has 0 amide bonds. The number of hydrogen-bond acceptors (Lipinski definition) is 1. The van der Waals surface area contributed by atoms with Gasteiger partial charge in [-0.3, -0.25) is 4.79 Å². The number of Topliss-reactive ketones (excluding diaryl/α,β-unsaturated/α-hetero) is 1. The lowest BCUT2D eigenvalue weighted by atomic mass is 10.1. The van der Waals surface area contributed by atoms with E-state index in [1.54, 1.807) is 0 Å². The third kappa shape index (κ3) is 1.80. The van der Waals surface area contributed by atoms with Crippen LogP contribution in [-0.4, -0.2) is 15.9 Å². The monoisotopic (exact) mass is 316 g/mol. The first-order valence-electron chi connectivity index (χ1n) is 4.53. The van der Waals surface area contributed by atoms with Crippen LogP contribution in [0.5, 0.6) is 0 Å². The highest BCUT2D eigenvalue weighted by atomic mass is 79.9. The number of carbonyl (C=O) groups excluding carboxylic acids is 1. The molecule has 1 aliphatic carbocycles. The number of alkyl halides is 2. The van der Waals surface area contributed by atoms with Gasteiger partial charge in [-0.15, -0.1) is 0 Å². The van der Waals surface area contributed by atoms with Crippen LogP contribution in [0.1, 0.15) is 11.5 Å². The van der Waals surface area contributed by atoms with E-state index >= 15 is 0 Å². The quantitative estimate of drug-likeness (QED) is 0.783. The highest BCUT2D eigenvalue weighted by Crippen LogP contribution is 2.53. The Morgan fingerprint density at radius 1 is 1.29 bits per heavy atom. The van der Waals surface area contributed by atoms with Gasteiger partial charge in [-0.1, -0.05) is 62.2 Å². The van der Waals surface area contributed by atoms with Gasteiger partial charge in [0.25, 0.3) is 0 Å². The first-order valence-corrected chi connectivity index (χ1v) is 6.57. The van der Waals surface area contributed by atoms with E-state index in [0.717, 1.165) is 0 Å². The largest absolute Gasteiger partial charge is 0.298 e. The van der Waals surface area contributed by atoms with Crippen molar-refractivity contribution in [3.63, 3.8) is 0 Å². The van der Waals surface area contributed by atoms with Crippen LogP contribution in [0.2, 0.25) is 0 Å². The van der Waals surface area contributed by atoms with Crippen LogP contribution in [-0.2, 0) is 4.79 Å². The first-order chi connectivity index (χ1) is 6.75. The SMILES string of the molecule is O=C(CBr)[C@@H]1[C@@H](Br)[C@H]1c1ccccc1. The third-order valence-electron chi connectivity index (χ3n) is 2.62. The third-order valence-corrected chi connectivity index (χ3v) is 4.31. The van der Waals surface area contributed by atoms with Crippen molar-refractivity contribution in [2.45, 2.75) is 10.7 Å². The minimum absolute atomic E-state index is 0.164. The maximum absolute atomic E-state index is 11.5. The molecule has 1 aromatic rings. The van der Waals surface area contributed by atoms with Crippen molar-refractivity contribution in [2.24, 2.45) is 5.92 Å². The summed E-state index contributed by atoms with van der Waals surface area (Å²) < 4.78 is 0. The number of halogens is 2. The van der Waals surface area contributed by atoms with E-state index in [4.69, 9.17) is 0 Å². The van der Waals surface area contributed by atoms with Crippen molar-refractivity contribution in [3.05, 3.63) is 35.9 Å². The van der Waals surface area contributed by atoms with Crippen molar-refractivity contribution in [1.29, 1.82) is 0 Å². The van der Waals surface area contributed by atoms with Crippen molar-refractivity contribution in [2.75, 3.05) is 5.33 Å². The standard InChI is InChI=1S/C11H10Br2O/c12-6-8(14)10-9(11(10)13)7-4-2-1-3-5-7/h1-5,9-11H,6H2/t9-,10-,11-/m0/s1. The molecule has 0 N–H and O–H groups in total. The van der Waals surface area contributed by atoms with E-state index in [0.29, 0.717) is 21.9 Å². The summed E-state index contributed by atoms with van der Waals surface area (Å²) in [6.45, 7) is 0. The fourth-order valence-electron chi connectivity index (χ4n) is 1.81. The molecule has 1 fully saturated rings. The van der Waals surface area contributed by atoms with Gasteiger partial charge in [0.05, 0.1) is 5.33 Å². The van der Waals surface area contributed by atoms with Gasteiger partial charge >= 0.3 is 0 Å². The molecule has 2 rings (SSSR count). The lowest BCUT2D eigenvalue weighted by Crippen LogP contribution is -2.03. The highest BCUT2D eigenvalue weighted by molar-refractivity contribution is 9.10. The molecule has 0 saturated heterocycles. The van der Waals surface area contributed by atoms with Crippen LogP contribution < -0.4 is 0 Å². The predicted octanol–water partition coefficient (Wildman–Crippen LogP) is 3.13. The molecule has 0 radical (unpaired) electrons. The van der Waals surface area contributed by atoms with Crippen molar-refractivity contribution >= 4 is 37.6 Å². The molecule has 0 heterocycles. The van der Waals surface area contributed by atoms with Crippen molar-refractivity contribution in [1.82, 2.24) is 0 Å². The van der Waals surface area contributed by atoms with E-state index in [2.05, 4.69) is 44.0 Å². The van der Waals surface area contributed by atoms with Crippen molar-refractivity contribution in [3.8, 4) is 0 Å². The summed E-state index contributed by atoms with van der Waals surface area (Å²) >= 11 is 6.76. The molecule has 14 heavy (non-hydrogen) atoms. The van der Waals surface area contributed by atoms with E-state index in [-0.39, 0.29) is 5.92 Å². The predicted molar refractivity (Wildman–Crippen MR) is 64.2 cm³/mol. The van der Waals surface area contributed by atoms with Crippen molar-refractivity contribution < 1.29 is 4.79 Å². The second-order valence-corrected chi connectivity index (χ2v) is 5.12. The minimum Gasteiger partial charge on any atom is -0.298 e. The number of carbonyl (C=O) groups is 1. The summed E-state index contributed by atoms with van der Waals surface area (Å²) in [5, 5.41) is 0.461. The molecule has 0 unspecified atom stereocenters. The molecule has 1 aliphatic rings. The molecular formula is C11H10Br2O. The molecule has 0 aromatic heterocycles. The summed E-state index contributed by atoms with van der Waals surface area (Å²) in [5.74, 6) is 0.832. The molecule has 0 aliphatic heterocycles. The molecule has 0 bridgehead atoms. The lowest BCUT2D eigenvalue weighted by Gasteiger charge is -1.96. The second-order valence-electron chi connectivity index (χ2n) is 3.51. The Hall–Kier alpha value is -0.150. The van der Waals surface area contributed by atoms with Crippen LogP contribution in [0.4, 0.5) is 0 Å². The highest BCUT2D eigenvalue weighted by Gasteiger charge is 2.52. The van der Waals surface area contributed by atoms with Crippen LogP contribution in [0.3, 0.4) is 0 Å². The summed E-state index contributed by atoms with van der Waals surface area (Å²) in [6.07, 6.45) is 0. The molecule has 1 nitrogen and oxygen atoms in total. The average Bonchev–Trinajstić information content (AvgIpc) is 2.90. The Kier molecular flexibility index (Phi) is 3.07. The Balaban J connectivity index is 2.13. The van der Waals surface area contributed by atoms with E-state index in [9.17, 15) is 4.79 Å². The maximum Gasteiger partial charge on any atom is 0.148 e. The normalized spacial score (nSPS) is 30.0. The molecular weight excluding hydrogens is 308 g/mol. The molecule has 1 aromatic carbocycles. The zero-order chi connectivity index (χ0) is 10.1. The van der Waals surface area contributed by atoms with Gasteiger partial charge in [-0.25, -0.2) is 0 Å². The van der Waals surface area contributed by atoms with Crippen LogP contribution in [0.15, 0.2) is 30.3 Å². The number of hydrogen-bond donors (Lipinski definition) is 0. The van der Waals surface area contributed by atoms with Gasteiger partial charge in [0.15, 0.2) is 0 Å².